The number of rotatable bonds is 5. The van der Waals surface area contributed by atoms with Crippen LogP contribution in [-0.2, 0) is 6.42 Å². The Hall–Kier alpha value is -3.25. The van der Waals surface area contributed by atoms with Crippen molar-refractivity contribution in [3.8, 4) is 16.8 Å². The highest BCUT2D eigenvalue weighted by molar-refractivity contribution is 7.99. The van der Waals surface area contributed by atoms with Crippen molar-refractivity contribution in [2.45, 2.75) is 18.5 Å². The first-order chi connectivity index (χ1) is 14.2. The number of thioether (sulfide) groups is 1. The van der Waals surface area contributed by atoms with Gasteiger partial charge in [-0.2, -0.15) is 4.68 Å². The summed E-state index contributed by atoms with van der Waals surface area (Å²) in [6.07, 6.45) is 0.931. The monoisotopic (exact) mass is 398 g/mol. The normalized spacial score (nSPS) is 11.9. The molecule has 1 aromatic heterocycles. The smallest absolute Gasteiger partial charge is 0.214 e. The van der Waals surface area contributed by atoms with Crippen LogP contribution in [0.5, 0.6) is 0 Å². The van der Waals surface area contributed by atoms with Gasteiger partial charge in [-0.3, -0.25) is 4.79 Å². The van der Waals surface area contributed by atoms with Crippen LogP contribution < -0.4 is 0 Å². The molecule has 1 heterocycles. The van der Waals surface area contributed by atoms with Gasteiger partial charge in [-0.25, -0.2) is 0 Å². The van der Waals surface area contributed by atoms with Crippen molar-refractivity contribution < 1.29 is 4.79 Å². The van der Waals surface area contributed by atoms with E-state index in [2.05, 4.69) is 39.8 Å². The maximum absolute atomic E-state index is 12.9. The van der Waals surface area contributed by atoms with E-state index < -0.39 is 0 Å². The van der Waals surface area contributed by atoms with E-state index in [0.717, 1.165) is 23.2 Å². The quantitative estimate of drug-likeness (QED) is 0.322. The lowest BCUT2D eigenvalue weighted by Crippen LogP contribution is -2.05. The largest absolute Gasteiger partial charge is 0.293 e. The third kappa shape index (κ3) is 3.36. The Balaban J connectivity index is 1.35. The number of nitrogens with zero attached hydrogens (tertiary/aromatic N) is 4. The molecule has 0 saturated carbocycles. The van der Waals surface area contributed by atoms with E-state index in [9.17, 15) is 4.79 Å². The molecule has 4 aromatic rings. The first-order valence-electron chi connectivity index (χ1n) is 9.42. The Morgan fingerprint density at radius 2 is 1.86 bits per heavy atom. The highest BCUT2D eigenvalue weighted by Crippen LogP contribution is 2.37. The third-order valence-electron chi connectivity index (χ3n) is 5.14. The summed E-state index contributed by atoms with van der Waals surface area (Å²) in [4.78, 5) is 12.9. The summed E-state index contributed by atoms with van der Waals surface area (Å²) in [5, 5.41) is 12.6. The molecule has 0 bridgehead atoms. The lowest BCUT2D eigenvalue weighted by atomic mass is 10.0. The van der Waals surface area contributed by atoms with Gasteiger partial charge in [0.1, 0.15) is 0 Å². The van der Waals surface area contributed by atoms with Crippen molar-refractivity contribution in [3.05, 3.63) is 89.0 Å². The Morgan fingerprint density at radius 3 is 2.76 bits per heavy atom. The molecule has 0 aliphatic heterocycles. The van der Waals surface area contributed by atoms with Crippen LogP contribution in [0.3, 0.4) is 0 Å². The minimum atomic E-state index is 0.0703. The van der Waals surface area contributed by atoms with E-state index in [0.29, 0.717) is 5.16 Å². The van der Waals surface area contributed by atoms with Gasteiger partial charge in [0.15, 0.2) is 5.78 Å². The van der Waals surface area contributed by atoms with Gasteiger partial charge in [0.05, 0.1) is 11.4 Å². The predicted molar refractivity (Wildman–Crippen MR) is 114 cm³/mol. The van der Waals surface area contributed by atoms with Crippen LogP contribution >= 0.6 is 11.8 Å². The SMILES string of the molecule is Cc1cccc(-n2nnnc2SCC(=O)c2ccc3c(c2)-c2ccccc2C3)c1. The molecule has 0 amide bonds. The Kier molecular flexibility index (Phi) is 4.48. The van der Waals surface area contributed by atoms with Crippen LogP contribution in [0.15, 0.2) is 71.9 Å². The summed E-state index contributed by atoms with van der Waals surface area (Å²) in [6, 6.07) is 22.4. The predicted octanol–water partition coefficient (Wildman–Crippen LogP) is 4.52. The molecule has 0 unspecified atom stereocenters. The Labute approximate surface area is 172 Å². The maximum Gasteiger partial charge on any atom is 0.214 e. The Morgan fingerprint density at radius 1 is 1.00 bits per heavy atom. The summed E-state index contributed by atoms with van der Waals surface area (Å²) in [5.41, 5.74) is 7.73. The van der Waals surface area contributed by atoms with Gasteiger partial charge >= 0.3 is 0 Å². The number of ketones is 1. The molecule has 0 radical (unpaired) electrons. The minimum absolute atomic E-state index is 0.0703. The second-order valence-electron chi connectivity index (χ2n) is 7.13. The Bertz CT molecular complexity index is 1230. The highest BCUT2D eigenvalue weighted by atomic mass is 32.2. The van der Waals surface area contributed by atoms with Crippen molar-refractivity contribution >= 4 is 17.5 Å². The zero-order chi connectivity index (χ0) is 19.8. The molecule has 1 aliphatic rings. The number of aryl methyl sites for hydroxylation is 1. The standard InChI is InChI=1S/C23H18N4OS/c1-15-5-4-7-19(11-15)27-23(24-25-26-27)29-14-22(28)18-10-9-17-12-16-6-2-3-8-20(16)21(17)13-18/h2-11,13H,12,14H2,1H3. The minimum Gasteiger partial charge on any atom is -0.293 e. The number of benzene rings is 3. The van der Waals surface area contributed by atoms with Gasteiger partial charge in [0, 0.05) is 5.56 Å². The average molecular weight is 398 g/mol. The first kappa shape index (κ1) is 17.8. The summed E-state index contributed by atoms with van der Waals surface area (Å²) in [5.74, 6) is 0.355. The van der Waals surface area contributed by atoms with Gasteiger partial charge in [0.25, 0.3) is 0 Å². The fourth-order valence-corrected chi connectivity index (χ4v) is 4.49. The molecule has 6 heteroatoms. The summed E-state index contributed by atoms with van der Waals surface area (Å²) < 4.78 is 1.67. The topological polar surface area (TPSA) is 60.7 Å². The first-order valence-corrected chi connectivity index (χ1v) is 10.4. The van der Waals surface area contributed by atoms with Crippen molar-refractivity contribution in [1.82, 2.24) is 20.2 Å². The third-order valence-corrected chi connectivity index (χ3v) is 6.06. The second-order valence-corrected chi connectivity index (χ2v) is 8.07. The van der Waals surface area contributed by atoms with E-state index in [1.54, 1.807) is 4.68 Å². The molecular weight excluding hydrogens is 380 g/mol. The highest BCUT2D eigenvalue weighted by Gasteiger charge is 2.20. The number of tetrazole rings is 1. The van der Waals surface area contributed by atoms with Crippen LogP contribution in [0.1, 0.15) is 27.0 Å². The summed E-state index contributed by atoms with van der Waals surface area (Å²) in [7, 11) is 0. The van der Waals surface area contributed by atoms with Gasteiger partial charge in [-0.15, -0.1) is 5.10 Å². The fourth-order valence-electron chi connectivity index (χ4n) is 3.70. The molecule has 0 spiro atoms. The number of fused-ring (bicyclic) bond motifs is 3. The van der Waals surface area contributed by atoms with Crippen molar-refractivity contribution in [1.29, 1.82) is 0 Å². The number of carbonyl (C=O) groups excluding carboxylic acids is 1. The zero-order valence-electron chi connectivity index (χ0n) is 15.9. The van der Waals surface area contributed by atoms with Crippen LogP contribution in [0.4, 0.5) is 0 Å². The van der Waals surface area contributed by atoms with Crippen molar-refractivity contribution in [2.75, 3.05) is 5.75 Å². The molecule has 1 aliphatic carbocycles. The second kappa shape index (κ2) is 7.29. The summed E-state index contributed by atoms with van der Waals surface area (Å²) >= 11 is 1.35. The van der Waals surface area contributed by atoms with E-state index in [1.807, 2.05) is 49.4 Å². The molecule has 0 N–H and O–H groups in total. The van der Waals surface area contributed by atoms with E-state index >= 15 is 0 Å². The van der Waals surface area contributed by atoms with Crippen molar-refractivity contribution in [2.24, 2.45) is 0 Å². The van der Waals surface area contributed by atoms with Gasteiger partial charge < -0.3 is 0 Å². The van der Waals surface area contributed by atoms with E-state index in [4.69, 9.17) is 0 Å². The molecule has 5 nitrogen and oxygen atoms in total. The van der Waals surface area contributed by atoms with Gasteiger partial charge in [-0.05, 0) is 69.8 Å². The molecule has 0 fully saturated rings. The number of aromatic nitrogens is 4. The van der Waals surface area contributed by atoms with Crippen LogP contribution in [0, 0.1) is 6.92 Å². The zero-order valence-corrected chi connectivity index (χ0v) is 16.7. The van der Waals surface area contributed by atoms with Gasteiger partial charge in [-0.1, -0.05) is 60.3 Å². The number of Topliss-reactive ketones (excluding diaryl/α,β-unsaturated/α-hetero) is 1. The number of hydrogen-bond donors (Lipinski definition) is 0. The van der Waals surface area contributed by atoms with Crippen LogP contribution in [-0.4, -0.2) is 31.7 Å². The molecule has 0 saturated heterocycles. The maximum atomic E-state index is 12.9. The molecule has 5 rings (SSSR count). The van der Waals surface area contributed by atoms with Gasteiger partial charge in [0.2, 0.25) is 5.16 Å². The lowest BCUT2D eigenvalue weighted by molar-refractivity contribution is 0.102. The molecule has 29 heavy (non-hydrogen) atoms. The molecule has 142 valence electrons. The van der Waals surface area contributed by atoms with E-state index in [1.165, 1.54) is 34.0 Å². The molecule has 3 aromatic carbocycles. The molecule has 0 atom stereocenters. The average Bonchev–Trinajstić information content (AvgIpc) is 3.36. The van der Waals surface area contributed by atoms with E-state index in [-0.39, 0.29) is 11.5 Å². The van der Waals surface area contributed by atoms with Crippen LogP contribution in [0.2, 0.25) is 0 Å². The summed E-state index contributed by atoms with van der Waals surface area (Å²) in [6.45, 7) is 2.02. The number of carbonyl (C=O) groups is 1. The molecular formula is C23H18N4OS. The lowest BCUT2D eigenvalue weighted by Gasteiger charge is -2.06. The fraction of sp³-hybridized carbons (Fsp3) is 0.130. The number of hydrogen-bond acceptors (Lipinski definition) is 5. The van der Waals surface area contributed by atoms with Crippen LogP contribution in [0.25, 0.3) is 16.8 Å². The van der Waals surface area contributed by atoms with Crippen molar-refractivity contribution in [3.63, 3.8) is 0 Å².